The van der Waals surface area contributed by atoms with Gasteiger partial charge in [-0.25, -0.2) is 9.97 Å². The summed E-state index contributed by atoms with van der Waals surface area (Å²) in [5, 5.41) is 19.0. The van der Waals surface area contributed by atoms with Gasteiger partial charge < -0.3 is 5.11 Å². The first kappa shape index (κ1) is 25.1. The van der Waals surface area contributed by atoms with Crippen LogP contribution in [0.3, 0.4) is 0 Å². The molecule has 3 rings (SSSR count). The van der Waals surface area contributed by atoms with Crippen LogP contribution in [-0.2, 0) is 24.1 Å². The molecule has 0 fully saturated rings. The fraction of sp³-hybridized carbons (Fsp3) is 0.379. The Balaban J connectivity index is 1.87. The van der Waals surface area contributed by atoms with E-state index in [1.54, 1.807) is 0 Å². The summed E-state index contributed by atoms with van der Waals surface area (Å²) < 4.78 is 0. The predicted octanol–water partition coefficient (Wildman–Crippen LogP) is 6.49. The maximum absolute atomic E-state index is 11.4. The highest BCUT2D eigenvalue weighted by Gasteiger charge is 2.17. The molecule has 1 atom stereocenters. The lowest BCUT2D eigenvalue weighted by atomic mass is 9.90. The Hall–Kier alpha value is -3.52. The highest BCUT2D eigenvalue weighted by atomic mass is 16.4. The summed E-state index contributed by atoms with van der Waals surface area (Å²) in [5.41, 5.74) is 6.97. The number of nitriles is 1. The van der Waals surface area contributed by atoms with Crippen molar-refractivity contribution in [3.63, 3.8) is 0 Å². The van der Waals surface area contributed by atoms with Crippen LogP contribution < -0.4 is 0 Å². The van der Waals surface area contributed by atoms with E-state index in [-0.39, 0.29) is 5.92 Å². The normalized spacial score (nSPS) is 11.9. The molecule has 0 amide bonds. The molecule has 0 radical (unpaired) electrons. The van der Waals surface area contributed by atoms with E-state index in [1.165, 1.54) is 11.1 Å². The number of hydrogen-bond donors (Lipinski definition) is 1. The number of aromatic nitrogens is 2. The largest absolute Gasteiger partial charge is 0.481 e. The van der Waals surface area contributed by atoms with Crippen molar-refractivity contribution in [1.29, 1.82) is 5.26 Å². The van der Waals surface area contributed by atoms with Crippen LogP contribution in [0.5, 0.6) is 0 Å². The van der Waals surface area contributed by atoms with E-state index in [2.05, 4.69) is 48.9 Å². The monoisotopic (exact) mass is 455 g/mol. The molecule has 1 N–H and O–H groups in total. The van der Waals surface area contributed by atoms with Crippen LogP contribution in [0, 0.1) is 23.2 Å². The lowest BCUT2D eigenvalue weighted by Gasteiger charge is -2.16. The van der Waals surface area contributed by atoms with E-state index < -0.39 is 5.97 Å². The summed E-state index contributed by atoms with van der Waals surface area (Å²) in [4.78, 5) is 20.6. The molecule has 5 heteroatoms. The SMILES string of the molecule is CCc1c(CCC(CC)C(=O)O)cccc1-c1cnc(-c2ccc(CC(C)C)c(C#N)c2)nc1. The van der Waals surface area contributed by atoms with E-state index in [9.17, 15) is 15.2 Å². The van der Waals surface area contributed by atoms with Crippen molar-refractivity contribution >= 4 is 5.97 Å². The number of benzene rings is 2. The van der Waals surface area contributed by atoms with Gasteiger partial charge in [0.2, 0.25) is 0 Å². The number of aliphatic carboxylic acids is 1. The smallest absolute Gasteiger partial charge is 0.306 e. The highest BCUT2D eigenvalue weighted by Crippen LogP contribution is 2.29. The lowest BCUT2D eigenvalue weighted by molar-refractivity contribution is -0.142. The molecule has 2 aromatic carbocycles. The summed E-state index contributed by atoms with van der Waals surface area (Å²) in [6.07, 6.45) is 7.38. The summed E-state index contributed by atoms with van der Waals surface area (Å²) in [6, 6.07) is 14.4. The third-order valence-corrected chi connectivity index (χ3v) is 6.31. The number of hydrogen-bond acceptors (Lipinski definition) is 4. The zero-order valence-electron chi connectivity index (χ0n) is 20.5. The molecule has 0 bridgehead atoms. The minimum Gasteiger partial charge on any atom is -0.481 e. The highest BCUT2D eigenvalue weighted by molar-refractivity contribution is 5.71. The predicted molar refractivity (Wildman–Crippen MR) is 135 cm³/mol. The first-order valence-corrected chi connectivity index (χ1v) is 12.1. The average molecular weight is 456 g/mol. The van der Waals surface area contributed by atoms with Crippen molar-refractivity contribution < 1.29 is 9.90 Å². The van der Waals surface area contributed by atoms with Crippen LogP contribution in [0.2, 0.25) is 0 Å². The van der Waals surface area contributed by atoms with E-state index in [0.29, 0.717) is 30.1 Å². The fourth-order valence-electron chi connectivity index (χ4n) is 4.44. The van der Waals surface area contributed by atoms with Crippen LogP contribution in [0.25, 0.3) is 22.5 Å². The van der Waals surface area contributed by atoms with Gasteiger partial charge in [-0.15, -0.1) is 0 Å². The van der Waals surface area contributed by atoms with E-state index >= 15 is 0 Å². The molecule has 34 heavy (non-hydrogen) atoms. The second-order valence-corrected chi connectivity index (χ2v) is 9.16. The van der Waals surface area contributed by atoms with Gasteiger partial charge in [0, 0.05) is 23.5 Å². The lowest BCUT2D eigenvalue weighted by Crippen LogP contribution is -2.13. The van der Waals surface area contributed by atoms with Gasteiger partial charge in [-0.05, 0) is 66.3 Å². The van der Waals surface area contributed by atoms with Crippen molar-refractivity contribution in [3.8, 4) is 28.6 Å². The number of carbonyl (C=O) groups is 1. The van der Waals surface area contributed by atoms with Gasteiger partial charge in [0.15, 0.2) is 5.82 Å². The van der Waals surface area contributed by atoms with Gasteiger partial charge >= 0.3 is 5.97 Å². The maximum atomic E-state index is 11.4. The van der Waals surface area contributed by atoms with Crippen molar-refractivity contribution in [1.82, 2.24) is 9.97 Å². The van der Waals surface area contributed by atoms with Crippen LogP contribution in [-0.4, -0.2) is 21.0 Å². The van der Waals surface area contributed by atoms with Crippen molar-refractivity contribution in [2.24, 2.45) is 11.8 Å². The van der Waals surface area contributed by atoms with E-state index in [0.717, 1.165) is 41.5 Å². The Bertz CT molecular complexity index is 1180. The van der Waals surface area contributed by atoms with Gasteiger partial charge in [0.1, 0.15) is 0 Å². The Morgan fingerprint density at radius 1 is 1.06 bits per heavy atom. The van der Waals surface area contributed by atoms with Crippen molar-refractivity contribution in [2.75, 3.05) is 0 Å². The van der Waals surface area contributed by atoms with E-state index in [1.807, 2.05) is 43.6 Å². The molecule has 176 valence electrons. The maximum Gasteiger partial charge on any atom is 0.306 e. The Morgan fingerprint density at radius 2 is 1.79 bits per heavy atom. The topological polar surface area (TPSA) is 86.9 Å². The van der Waals surface area contributed by atoms with Crippen LogP contribution in [0.15, 0.2) is 48.8 Å². The van der Waals surface area contributed by atoms with Crippen molar-refractivity contribution in [3.05, 3.63) is 71.0 Å². The second kappa shape index (κ2) is 11.6. The number of carboxylic acid groups (broad SMARTS) is 1. The Kier molecular flexibility index (Phi) is 8.54. The minimum atomic E-state index is -0.725. The average Bonchev–Trinajstić information content (AvgIpc) is 2.84. The molecule has 1 aromatic heterocycles. The summed E-state index contributed by atoms with van der Waals surface area (Å²) in [7, 11) is 0. The zero-order valence-corrected chi connectivity index (χ0v) is 20.5. The van der Waals surface area contributed by atoms with Crippen molar-refractivity contribution in [2.45, 2.75) is 59.8 Å². The number of carboxylic acids is 1. The Labute approximate surface area is 202 Å². The molecule has 3 aromatic rings. The molecular formula is C29H33N3O2. The van der Waals surface area contributed by atoms with Gasteiger partial charge in [-0.2, -0.15) is 5.26 Å². The molecule has 0 aliphatic rings. The standard InChI is InChI=1S/C29H33N3O2/c1-5-20(29(33)34)10-11-21-8-7-9-27(26(21)6-2)25-17-31-28(32-18-25)23-13-12-22(14-19(3)4)24(15-23)16-30/h7-9,12-13,15,17-20H,5-6,10-11,14H2,1-4H3,(H,33,34). The molecule has 1 heterocycles. The molecule has 0 saturated heterocycles. The van der Waals surface area contributed by atoms with E-state index in [4.69, 9.17) is 0 Å². The second-order valence-electron chi connectivity index (χ2n) is 9.16. The van der Waals surface area contributed by atoms with Crippen LogP contribution >= 0.6 is 0 Å². The van der Waals surface area contributed by atoms with Gasteiger partial charge in [0.25, 0.3) is 0 Å². The number of aryl methyl sites for hydroxylation is 1. The molecule has 0 aliphatic carbocycles. The fourth-order valence-corrected chi connectivity index (χ4v) is 4.44. The van der Waals surface area contributed by atoms with Gasteiger partial charge in [0.05, 0.1) is 17.6 Å². The summed E-state index contributed by atoms with van der Waals surface area (Å²) in [5.74, 6) is 0.0329. The molecule has 5 nitrogen and oxygen atoms in total. The first-order chi connectivity index (χ1) is 16.4. The minimum absolute atomic E-state index is 0.318. The third-order valence-electron chi connectivity index (χ3n) is 6.31. The number of rotatable bonds is 10. The molecular weight excluding hydrogens is 422 g/mol. The first-order valence-electron chi connectivity index (χ1n) is 12.1. The third kappa shape index (κ3) is 5.88. The van der Waals surface area contributed by atoms with Gasteiger partial charge in [-0.1, -0.05) is 58.0 Å². The quantitative estimate of drug-likeness (QED) is 0.378. The molecule has 1 unspecified atom stereocenters. The molecule has 0 spiro atoms. The molecule has 0 saturated carbocycles. The van der Waals surface area contributed by atoms with Crippen LogP contribution in [0.4, 0.5) is 0 Å². The number of nitrogens with zero attached hydrogens (tertiary/aromatic N) is 3. The summed E-state index contributed by atoms with van der Waals surface area (Å²) >= 11 is 0. The summed E-state index contributed by atoms with van der Waals surface area (Å²) in [6.45, 7) is 8.33. The van der Waals surface area contributed by atoms with Crippen LogP contribution in [0.1, 0.15) is 62.8 Å². The van der Waals surface area contributed by atoms with Gasteiger partial charge in [-0.3, -0.25) is 4.79 Å². The Morgan fingerprint density at radius 3 is 2.38 bits per heavy atom. The zero-order chi connectivity index (χ0) is 24.7. The molecule has 0 aliphatic heterocycles.